The van der Waals surface area contributed by atoms with E-state index < -0.39 is 17.9 Å². The number of methoxy groups -OCH3 is 1. The molecule has 7 nitrogen and oxygen atoms in total. The van der Waals surface area contributed by atoms with Crippen molar-refractivity contribution in [3.8, 4) is 5.75 Å². The average Bonchev–Trinajstić information content (AvgIpc) is 2.52. The summed E-state index contributed by atoms with van der Waals surface area (Å²) < 4.78 is 14.6. The van der Waals surface area contributed by atoms with Crippen LogP contribution in [-0.2, 0) is 19.1 Å². The molecule has 7 heteroatoms. The predicted octanol–water partition coefficient (Wildman–Crippen LogP) is 1.90. The van der Waals surface area contributed by atoms with Crippen molar-refractivity contribution in [1.82, 2.24) is 0 Å². The zero-order valence-electron chi connectivity index (χ0n) is 13.1. The van der Waals surface area contributed by atoms with Gasteiger partial charge in [0.05, 0.1) is 20.3 Å². The number of rotatable bonds is 7. The first-order chi connectivity index (χ1) is 10.9. The van der Waals surface area contributed by atoms with E-state index in [-0.39, 0.29) is 30.1 Å². The van der Waals surface area contributed by atoms with E-state index in [0.717, 1.165) is 0 Å². The van der Waals surface area contributed by atoms with Crippen molar-refractivity contribution in [1.29, 1.82) is 0 Å². The van der Waals surface area contributed by atoms with Crippen molar-refractivity contribution < 1.29 is 33.7 Å². The van der Waals surface area contributed by atoms with Gasteiger partial charge in [-0.05, 0) is 37.6 Å². The van der Waals surface area contributed by atoms with Gasteiger partial charge in [-0.15, -0.1) is 0 Å². The van der Waals surface area contributed by atoms with Crippen LogP contribution in [0.15, 0.2) is 23.8 Å². The molecule has 0 saturated heterocycles. The van der Waals surface area contributed by atoms with Crippen molar-refractivity contribution in [2.24, 2.45) is 0 Å². The van der Waals surface area contributed by atoms with Gasteiger partial charge in [-0.3, -0.25) is 0 Å². The van der Waals surface area contributed by atoms with Gasteiger partial charge in [0.25, 0.3) is 0 Å². The Labute approximate surface area is 133 Å². The summed E-state index contributed by atoms with van der Waals surface area (Å²) in [6.07, 6.45) is 1.22. The van der Waals surface area contributed by atoms with E-state index in [1.807, 2.05) is 0 Å². The Morgan fingerprint density at radius 2 is 1.65 bits per heavy atom. The molecule has 124 valence electrons. The first kappa shape index (κ1) is 18.2. The Morgan fingerprint density at radius 1 is 1.09 bits per heavy atom. The highest BCUT2D eigenvalue weighted by atomic mass is 16.6. The van der Waals surface area contributed by atoms with Gasteiger partial charge >= 0.3 is 17.9 Å². The van der Waals surface area contributed by atoms with Gasteiger partial charge in [0.15, 0.2) is 0 Å². The third kappa shape index (κ3) is 4.84. The number of esters is 2. The monoisotopic (exact) mass is 322 g/mol. The Morgan fingerprint density at radius 3 is 2.09 bits per heavy atom. The number of carboxylic acids is 1. The first-order valence-corrected chi connectivity index (χ1v) is 6.91. The van der Waals surface area contributed by atoms with Crippen LogP contribution < -0.4 is 4.74 Å². The Hall–Kier alpha value is -2.83. The number of aromatic carboxylic acids is 1. The zero-order valence-corrected chi connectivity index (χ0v) is 13.1. The van der Waals surface area contributed by atoms with Gasteiger partial charge in [0.2, 0.25) is 0 Å². The van der Waals surface area contributed by atoms with Gasteiger partial charge in [-0.2, -0.15) is 0 Å². The van der Waals surface area contributed by atoms with Crippen molar-refractivity contribution >= 4 is 24.0 Å². The lowest BCUT2D eigenvalue weighted by Gasteiger charge is -2.08. The fourth-order valence-corrected chi connectivity index (χ4v) is 1.77. The van der Waals surface area contributed by atoms with Crippen LogP contribution in [0, 0.1) is 0 Å². The fourth-order valence-electron chi connectivity index (χ4n) is 1.77. The van der Waals surface area contributed by atoms with E-state index in [1.54, 1.807) is 13.8 Å². The third-order valence-electron chi connectivity index (χ3n) is 2.76. The second kappa shape index (κ2) is 8.57. The van der Waals surface area contributed by atoms with Crippen molar-refractivity contribution in [3.63, 3.8) is 0 Å². The number of carboxylic acid groups (broad SMARTS) is 1. The highest BCUT2D eigenvalue weighted by molar-refractivity contribution is 6.17. The predicted molar refractivity (Wildman–Crippen MR) is 81.2 cm³/mol. The second-order valence-electron chi connectivity index (χ2n) is 4.26. The van der Waals surface area contributed by atoms with Gasteiger partial charge in [0, 0.05) is 0 Å². The Balaban J connectivity index is 3.30. The summed E-state index contributed by atoms with van der Waals surface area (Å²) in [4.78, 5) is 35.0. The van der Waals surface area contributed by atoms with E-state index in [9.17, 15) is 14.4 Å². The van der Waals surface area contributed by atoms with Crippen molar-refractivity contribution in [2.75, 3.05) is 20.3 Å². The molecule has 0 spiro atoms. The molecule has 1 rings (SSSR count). The summed E-state index contributed by atoms with van der Waals surface area (Å²) in [7, 11) is 1.35. The lowest BCUT2D eigenvalue weighted by atomic mass is 10.1. The fraction of sp³-hybridized carbons (Fsp3) is 0.312. The van der Waals surface area contributed by atoms with Crippen molar-refractivity contribution in [3.05, 3.63) is 34.9 Å². The van der Waals surface area contributed by atoms with Gasteiger partial charge < -0.3 is 19.3 Å². The largest absolute Gasteiger partial charge is 0.496 e. The smallest absolute Gasteiger partial charge is 0.345 e. The molecule has 0 aliphatic rings. The molecule has 0 atom stereocenters. The molecule has 0 radical (unpaired) electrons. The summed E-state index contributed by atoms with van der Waals surface area (Å²) in [5, 5.41) is 9.16. The van der Waals surface area contributed by atoms with Gasteiger partial charge in [-0.1, -0.05) is 6.07 Å². The molecule has 0 bridgehead atoms. The first-order valence-electron chi connectivity index (χ1n) is 6.91. The van der Waals surface area contributed by atoms with Crippen LogP contribution in [0.1, 0.15) is 29.8 Å². The van der Waals surface area contributed by atoms with Gasteiger partial charge in [0.1, 0.15) is 16.9 Å². The van der Waals surface area contributed by atoms with Crippen LogP contribution in [0.5, 0.6) is 5.75 Å². The van der Waals surface area contributed by atoms with Crippen LogP contribution in [0.3, 0.4) is 0 Å². The van der Waals surface area contributed by atoms with E-state index >= 15 is 0 Å². The molecule has 1 N–H and O–H groups in total. The lowest BCUT2D eigenvalue weighted by molar-refractivity contribution is -0.146. The molecule has 23 heavy (non-hydrogen) atoms. The second-order valence-corrected chi connectivity index (χ2v) is 4.26. The summed E-state index contributed by atoms with van der Waals surface area (Å²) in [5.41, 5.74) is -0.0668. The average molecular weight is 322 g/mol. The Kier molecular flexibility index (Phi) is 6.79. The molecule has 1 aromatic rings. The number of carbonyl (C=O) groups is 3. The highest BCUT2D eigenvalue weighted by Crippen LogP contribution is 2.22. The van der Waals surface area contributed by atoms with Crippen LogP contribution >= 0.6 is 0 Å². The molecule has 0 aliphatic carbocycles. The number of hydrogen-bond donors (Lipinski definition) is 1. The highest BCUT2D eigenvalue weighted by Gasteiger charge is 2.21. The minimum atomic E-state index is -1.19. The normalized spacial score (nSPS) is 9.70. The quantitative estimate of drug-likeness (QED) is 0.354. The van der Waals surface area contributed by atoms with Crippen LogP contribution in [0.25, 0.3) is 6.08 Å². The van der Waals surface area contributed by atoms with Crippen molar-refractivity contribution in [2.45, 2.75) is 13.8 Å². The standard InChI is InChI=1S/C16H18O7/c1-4-22-15(19)12(16(20)23-5-2)9-10-6-7-13(21-3)11(8-10)14(17)18/h6-9H,4-5H2,1-3H3,(H,17,18). The summed E-state index contributed by atoms with van der Waals surface area (Å²) >= 11 is 0. The molecule has 0 aromatic heterocycles. The molecule has 0 amide bonds. The number of benzene rings is 1. The molecular formula is C16H18O7. The molecule has 1 aromatic carbocycles. The maximum absolute atomic E-state index is 11.9. The van der Waals surface area contributed by atoms with E-state index in [1.165, 1.54) is 31.4 Å². The maximum atomic E-state index is 11.9. The zero-order chi connectivity index (χ0) is 17.4. The number of hydrogen-bond acceptors (Lipinski definition) is 6. The Bertz CT molecular complexity index is 611. The number of carbonyl (C=O) groups excluding carboxylic acids is 2. The summed E-state index contributed by atoms with van der Waals surface area (Å²) in [6.45, 7) is 3.41. The molecule has 0 unspecified atom stereocenters. The van der Waals surface area contributed by atoms with Gasteiger partial charge in [-0.25, -0.2) is 14.4 Å². The van der Waals surface area contributed by atoms with E-state index in [4.69, 9.17) is 19.3 Å². The molecule has 0 aliphatic heterocycles. The lowest BCUT2D eigenvalue weighted by Crippen LogP contribution is -2.18. The SMILES string of the molecule is CCOC(=O)C(=Cc1ccc(OC)c(C(=O)O)c1)C(=O)OCC. The van der Waals surface area contributed by atoms with E-state index in [0.29, 0.717) is 5.56 Å². The minimum absolute atomic E-state index is 0.0895. The van der Waals surface area contributed by atoms with E-state index in [2.05, 4.69) is 0 Å². The molecular weight excluding hydrogens is 304 g/mol. The minimum Gasteiger partial charge on any atom is -0.496 e. The molecule has 0 saturated carbocycles. The van der Waals surface area contributed by atoms with Crippen LogP contribution in [0.2, 0.25) is 0 Å². The summed E-state index contributed by atoms with van der Waals surface area (Å²) in [5.74, 6) is -2.69. The molecule has 0 heterocycles. The van der Waals surface area contributed by atoms with Crippen LogP contribution in [0.4, 0.5) is 0 Å². The van der Waals surface area contributed by atoms with Crippen LogP contribution in [-0.4, -0.2) is 43.3 Å². The topological polar surface area (TPSA) is 99.1 Å². The summed E-state index contributed by atoms with van der Waals surface area (Å²) in [6, 6.07) is 4.24. The number of ether oxygens (including phenoxy) is 3. The molecule has 0 fully saturated rings. The third-order valence-corrected chi connectivity index (χ3v) is 2.76. The maximum Gasteiger partial charge on any atom is 0.345 e.